The number of hydrogen-bond donors (Lipinski definition) is 1. The van der Waals surface area contributed by atoms with Crippen LogP contribution in [0.3, 0.4) is 0 Å². The van der Waals surface area contributed by atoms with Crippen LogP contribution in [0.4, 0.5) is 5.69 Å². The molecule has 6 nitrogen and oxygen atoms in total. The van der Waals surface area contributed by atoms with Gasteiger partial charge in [-0.2, -0.15) is 0 Å². The molecule has 1 N–H and O–H groups in total. The lowest BCUT2D eigenvalue weighted by atomic mass is 10.1. The summed E-state index contributed by atoms with van der Waals surface area (Å²) in [5.41, 5.74) is 1.26. The molecule has 2 aromatic carbocycles. The van der Waals surface area contributed by atoms with Gasteiger partial charge in [-0.1, -0.05) is 11.6 Å². The van der Waals surface area contributed by atoms with Crippen LogP contribution >= 0.6 is 11.6 Å². The minimum atomic E-state index is -0.232. The first-order valence-corrected chi connectivity index (χ1v) is 8.95. The van der Waals surface area contributed by atoms with Crippen molar-refractivity contribution >= 4 is 29.1 Å². The van der Waals surface area contributed by atoms with Gasteiger partial charge in [-0.25, -0.2) is 0 Å². The molecule has 1 aliphatic heterocycles. The molecule has 2 amide bonds. The van der Waals surface area contributed by atoms with Crippen molar-refractivity contribution in [2.75, 3.05) is 32.2 Å². The molecule has 0 radical (unpaired) electrons. The highest BCUT2D eigenvalue weighted by Crippen LogP contribution is 2.26. The molecule has 27 heavy (non-hydrogen) atoms. The van der Waals surface area contributed by atoms with Gasteiger partial charge in [0.05, 0.1) is 14.2 Å². The molecule has 1 fully saturated rings. The summed E-state index contributed by atoms with van der Waals surface area (Å²) in [7, 11) is 3.07. The smallest absolute Gasteiger partial charge is 0.251 e. The van der Waals surface area contributed by atoms with Crippen molar-refractivity contribution in [2.45, 2.75) is 6.42 Å². The minimum Gasteiger partial charge on any atom is -0.497 e. The zero-order valence-electron chi connectivity index (χ0n) is 15.2. The minimum absolute atomic E-state index is 0.0413. The number of rotatable bonds is 6. The molecule has 0 aromatic heterocycles. The van der Waals surface area contributed by atoms with Crippen LogP contribution in [0.5, 0.6) is 11.5 Å². The van der Waals surface area contributed by atoms with Gasteiger partial charge < -0.3 is 19.7 Å². The molecule has 1 aliphatic rings. The van der Waals surface area contributed by atoms with Gasteiger partial charge in [-0.05, 0) is 36.4 Å². The van der Waals surface area contributed by atoms with Gasteiger partial charge >= 0.3 is 0 Å². The Morgan fingerprint density at radius 1 is 1.15 bits per heavy atom. The quantitative estimate of drug-likeness (QED) is 0.825. The topological polar surface area (TPSA) is 67.9 Å². The lowest BCUT2D eigenvalue weighted by molar-refractivity contribution is -0.117. The van der Waals surface area contributed by atoms with E-state index in [9.17, 15) is 9.59 Å². The molecule has 0 bridgehead atoms. The first kappa shape index (κ1) is 19.0. The van der Waals surface area contributed by atoms with Crippen molar-refractivity contribution in [3.8, 4) is 11.5 Å². The first-order chi connectivity index (χ1) is 13.0. The van der Waals surface area contributed by atoms with E-state index < -0.39 is 0 Å². The van der Waals surface area contributed by atoms with Crippen LogP contribution < -0.4 is 19.7 Å². The highest BCUT2D eigenvalue weighted by molar-refractivity contribution is 6.30. The standard InChI is InChI=1S/C20H21ClN2O4/c1-26-17-8-14(9-18(10-17)27-2)20(25)22-11-13-7-19(24)23(12-13)16-5-3-15(21)4-6-16/h3-6,8-10,13H,7,11-12H2,1-2H3,(H,22,25). The molecule has 0 saturated carbocycles. The Balaban J connectivity index is 1.61. The third-order valence-electron chi connectivity index (χ3n) is 4.51. The normalized spacial score (nSPS) is 16.3. The lowest BCUT2D eigenvalue weighted by Crippen LogP contribution is -2.31. The third kappa shape index (κ3) is 4.52. The largest absolute Gasteiger partial charge is 0.497 e. The Bertz CT molecular complexity index is 816. The van der Waals surface area contributed by atoms with Crippen molar-refractivity contribution in [1.29, 1.82) is 0 Å². The number of amides is 2. The number of methoxy groups -OCH3 is 2. The van der Waals surface area contributed by atoms with E-state index in [1.165, 1.54) is 14.2 Å². The lowest BCUT2D eigenvalue weighted by Gasteiger charge is -2.17. The fourth-order valence-electron chi connectivity index (χ4n) is 3.07. The summed E-state index contributed by atoms with van der Waals surface area (Å²) in [5.74, 6) is 0.947. The summed E-state index contributed by atoms with van der Waals surface area (Å²) < 4.78 is 10.4. The summed E-state index contributed by atoms with van der Waals surface area (Å²) in [6.45, 7) is 0.969. The van der Waals surface area contributed by atoms with Crippen LogP contribution in [0.2, 0.25) is 5.02 Å². The van der Waals surface area contributed by atoms with Crippen LogP contribution in [-0.2, 0) is 4.79 Å². The molecule has 2 aromatic rings. The van der Waals surface area contributed by atoms with E-state index in [-0.39, 0.29) is 17.7 Å². The third-order valence-corrected chi connectivity index (χ3v) is 4.76. The zero-order chi connectivity index (χ0) is 19.4. The Labute approximate surface area is 163 Å². The van der Waals surface area contributed by atoms with Crippen LogP contribution in [0.25, 0.3) is 0 Å². The number of carbonyl (C=O) groups is 2. The van der Waals surface area contributed by atoms with Gasteiger partial charge in [-0.3, -0.25) is 9.59 Å². The number of halogens is 1. The van der Waals surface area contributed by atoms with Gasteiger partial charge in [0, 0.05) is 47.8 Å². The Morgan fingerprint density at radius 3 is 2.37 bits per heavy atom. The average Bonchev–Trinajstić information content (AvgIpc) is 3.06. The molecule has 1 atom stereocenters. The van der Waals surface area contributed by atoms with Crippen LogP contribution in [0.1, 0.15) is 16.8 Å². The van der Waals surface area contributed by atoms with Crippen molar-refractivity contribution in [1.82, 2.24) is 5.32 Å². The fraction of sp³-hybridized carbons (Fsp3) is 0.300. The van der Waals surface area contributed by atoms with Gasteiger partial charge in [0.1, 0.15) is 11.5 Å². The Kier molecular flexibility index (Phi) is 5.86. The number of anilines is 1. The predicted octanol–water partition coefficient (Wildman–Crippen LogP) is 3.14. The zero-order valence-corrected chi connectivity index (χ0v) is 16.0. The molecule has 7 heteroatoms. The molecular weight excluding hydrogens is 368 g/mol. The fourth-order valence-corrected chi connectivity index (χ4v) is 3.19. The highest BCUT2D eigenvalue weighted by atomic mass is 35.5. The summed E-state index contributed by atoms with van der Waals surface area (Å²) in [5, 5.41) is 3.52. The number of nitrogens with one attached hydrogen (secondary N) is 1. The average molecular weight is 389 g/mol. The summed E-state index contributed by atoms with van der Waals surface area (Å²) in [6.07, 6.45) is 0.393. The van der Waals surface area contributed by atoms with E-state index in [0.29, 0.717) is 41.6 Å². The van der Waals surface area contributed by atoms with Crippen LogP contribution in [0, 0.1) is 5.92 Å². The van der Waals surface area contributed by atoms with Gasteiger partial charge in [-0.15, -0.1) is 0 Å². The van der Waals surface area contributed by atoms with E-state index >= 15 is 0 Å². The summed E-state index contributed by atoms with van der Waals surface area (Å²) in [4.78, 5) is 26.5. The van der Waals surface area contributed by atoms with Crippen molar-refractivity contribution in [3.05, 3.63) is 53.1 Å². The summed E-state index contributed by atoms with van der Waals surface area (Å²) in [6, 6.07) is 12.2. The maximum atomic E-state index is 12.5. The number of ether oxygens (including phenoxy) is 2. The van der Waals surface area contributed by atoms with E-state index in [0.717, 1.165) is 5.69 Å². The number of nitrogens with zero attached hydrogens (tertiary/aromatic N) is 1. The second kappa shape index (κ2) is 8.31. The molecule has 0 aliphatic carbocycles. The Morgan fingerprint density at radius 2 is 1.78 bits per heavy atom. The molecular formula is C20H21ClN2O4. The van der Waals surface area contributed by atoms with Crippen molar-refractivity contribution in [3.63, 3.8) is 0 Å². The molecule has 1 unspecified atom stereocenters. The van der Waals surface area contributed by atoms with Gasteiger partial charge in [0.25, 0.3) is 5.91 Å². The monoisotopic (exact) mass is 388 g/mol. The Hall–Kier alpha value is -2.73. The maximum absolute atomic E-state index is 12.5. The van der Waals surface area contributed by atoms with E-state index in [2.05, 4.69) is 5.32 Å². The molecule has 1 heterocycles. The van der Waals surface area contributed by atoms with E-state index in [1.807, 2.05) is 12.1 Å². The molecule has 142 valence electrons. The predicted molar refractivity (Wildman–Crippen MR) is 104 cm³/mol. The van der Waals surface area contributed by atoms with E-state index in [1.54, 1.807) is 35.2 Å². The van der Waals surface area contributed by atoms with Gasteiger partial charge in [0.2, 0.25) is 5.91 Å². The number of benzene rings is 2. The second-order valence-corrected chi connectivity index (χ2v) is 6.80. The van der Waals surface area contributed by atoms with Crippen LogP contribution in [-0.4, -0.2) is 39.1 Å². The number of carbonyl (C=O) groups excluding carboxylic acids is 2. The first-order valence-electron chi connectivity index (χ1n) is 8.57. The highest BCUT2D eigenvalue weighted by Gasteiger charge is 2.30. The maximum Gasteiger partial charge on any atom is 0.251 e. The van der Waals surface area contributed by atoms with Crippen molar-refractivity contribution < 1.29 is 19.1 Å². The number of hydrogen-bond acceptors (Lipinski definition) is 4. The second-order valence-electron chi connectivity index (χ2n) is 6.36. The van der Waals surface area contributed by atoms with E-state index in [4.69, 9.17) is 21.1 Å². The molecule has 1 saturated heterocycles. The summed E-state index contributed by atoms with van der Waals surface area (Å²) >= 11 is 5.90. The molecule has 3 rings (SSSR count). The van der Waals surface area contributed by atoms with Gasteiger partial charge in [0.15, 0.2) is 0 Å². The SMILES string of the molecule is COc1cc(OC)cc(C(=O)NCC2CC(=O)N(c3ccc(Cl)cc3)C2)c1. The molecule has 0 spiro atoms. The van der Waals surface area contributed by atoms with Crippen LogP contribution in [0.15, 0.2) is 42.5 Å². The van der Waals surface area contributed by atoms with Crippen molar-refractivity contribution in [2.24, 2.45) is 5.92 Å².